The number of aromatic nitrogens is 3. The normalized spacial score (nSPS) is 26.9. The van der Waals surface area contributed by atoms with Gasteiger partial charge < -0.3 is 10.1 Å². The summed E-state index contributed by atoms with van der Waals surface area (Å²) in [4.78, 5) is 27.5. The van der Waals surface area contributed by atoms with Gasteiger partial charge in [0, 0.05) is 43.2 Å². The van der Waals surface area contributed by atoms with Crippen LogP contribution in [0.25, 0.3) is 0 Å². The average molecular weight is 345 g/mol. The van der Waals surface area contributed by atoms with Crippen LogP contribution >= 0.6 is 11.3 Å². The molecule has 2 saturated heterocycles. The monoisotopic (exact) mass is 345 g/mol. The largest absolute Gasteiger partial charge is 0.377 e. The van der Waals surface area contributed by atoms with E-state index in [9.17, 15) is 4.79 Å². The van der Waals surface area contributed by atoms with Crippen molar-refractivity contribution in [2.45, 2.75) is 31.5 Å². The van der Waals surface area contributed by atoms with Gasteiger partial charge in [0.2, 0.25) is 5.91 Å². The number of carbonyl (C=O) groups excluding carboxylic acids is 1. The molecule has 2 aromatic heterocycles. The molecule has 1 N–H and O–H groups in total. The fraction of sp³-hybridized carbons (Fsp3) is 0.500. The van der Waals surface area contributed by atoms with Crippen LogP contribution in [0.4, 0.5) is 5.82 Å². The third kappa shape index (κ3) is 3.31. The van der Waals surface area contributed by atoms with Gasteiger partial charge in [-0.1, -0.05) is 0 Å². The first-order chi connectivity index (χ1) is 11.8. The highest BCUT2D eigenvalue weighted by molar-refractivity contribution is 7.09. The van der Waals surface area contributed by atoms with E-state index in [1.165, 1.54) is 0 Å². The van der Waals surface area contributed by atoms with Crippen LogP contribution in [0.5, 0.6) is 0 Å². The lowest BCUT2D eigenvalue weighted by Crippen LogP contribution is -2.51. The highest BCUT2D eigenvalue weighted by Gasteiger charge is 2.42. The second-order valence-corrected chi connectivity index (χ2v) is 7.11. The number of rotatable bonds is 4. The van der Waals surface area contributed by atoms with Gasteiger partial charge in [-0.2, -0.15) is 0 Å². The number of carbonyl (C=O) groups is 1. The number of amides is 1. The van der Waals surface area contributed by atoms with Gasteiger partial charge in [-0.15, -0.1) is 11.3 Å². The van der Waals surface area contributed by atoms with Gasteiger partial charge in [0.25, 0.3) is 0 Å². The number of hydrogen-bond donors (Lipinski definition) is 1. The molecule has 0 bridgehead atoms. The minimum atomic E-state index is -0.119. The van der Waals surface area contributed by atoms with E-state index >= 15 is 0 Å². The van der Waals surface area contributed by atoms with Gasteiger partial charge in [0.05, 0.1) is 24.8 Å². The van der Waals surface area contributed by atoms with Crippen molar-refractivity contribution in [1.29, 1.82) is 0 Å². The van der Waals surface area contributed by atoms with E-state index in [0.29, 0.717) is 11.9 Å². The van der Waals surface area contributed by atoms with Crippen molar-refractivity contribution in [3.8, 4) is 0 Å². The molecule has 2 aliphatic heterocycles. The first-order valence-electron chi connectivity index (χ1n) is 8.10. The van der Waals surface area contributed by atoms with Gasteiger partial charge in [0.1, 0.15) is 5.01 Å². The lowest BCUT2D eigenvalue weighted by atomic mass is 9.89. The van der Waals surface area contributed by atoms with E-state index < -0.39 is 0 Å². The topological polar surface area (TPSA) is 80.2 Å². The summed E-state index contributed by atoms with van der Waals surface area (Å²) in [7, 11) is 0. The maximum Gasteiger partial charge on any atom is 0.230 e. The Morgan fingerprint density at radius 1 is 1.38 bits per heavy atom. The second kappa shape index (κ2) is 6.92. The fourth-order valence-corrected chi connectivity index (χ4v) is 4.16. The summed E-state index contributed by atoms with van der Waals surface area (Å²) < 4.78 is 5.87. The molecule has 8 heteroatoms. The van der Waals surface area contributed by atoms with Gasteiger partial charge in [-0.25, -0.2) is 9.97 Å². The Labute approximate surface area is 144 Å². The van der Waals surface area contributed by atoms with Gasteiger partial charge in [-0.05, 0) is 12.8 Å². The summed E-state index contributed by atoms with van der Waals surface area (Å²) in [6, 6.07) is 0.384. The molecule has 0 radical (unpaired) electrons. The highest BCUT2D eigenvalue weighted by atomic mass is 32.1. The van der Waals surface area contributed by atoms with Crippen molar-refractivity contribution in [3.63, 3.8) is 0 Å². The minimum absolute atomic E-state index is 0.0198. The molecule has 4 heterocycles. The zero-order valence-corrected chi connectivity index (χ0v) is 14.0. The Kier molecular flexibility index (Phi) is 4.50. The molecule has 0 saturated carbocycles. The predicted molar refractivity (Wildman–Crippen MR) is 89.4 cm³/mol. The Balaban J connectivity index is 1.46. The van der Waals surface area contributed by atoms with Crippen molar-refractivity contribution < 1.29 is 9.53 Å². The Hall–Kier alpha value is -1.90. The zero-order chi connectivity index (χ0) is 16.4. The molecule has 0 unspecified atom stereocenters. The number of piperidine rings is 1. The minimum Gasteiger partial charge on any atom is -0.377 e. The van der Waals surface area contributed by atoms with Crippen LogP contribution in [0.2, 0.25) is 0 Å². The van der Waals surface area contributed by atoms with E-state index in [0.717, 1.165) is 37.5 Å². The van der Waals surface area contributed by atoms with Gasteiger partial charge in [-0.3, -0.25) is 14.7 Å². The molecule has 0 aromatic carbocycles. The summed E-state index contributed by atoms with van der Waals surface area (Å²) in [6.07, 6.45) is 8.44. The molecule has 24 heavy (non-hydrogen) atoms. The number of fused-ring (bicyclic) bond motifs is 1. The summed E-state index contributed by atoms with van der Waals surface area (Å²) >= 11 is 1.65. The molecule has 0 aliphatic carbocycles. The van der Waals surface area contributed by atoms with E-state index in [2.05, 4.69) is 25.2 Å². The molecule has 2 aliphatic rings. The van der Waals surface area contributed by atoms with Crippen LogP contribution in [0.1, 0.15) is 17.8 Å². The van der Waals surface area contributed by atoms with Crippen LogP contribution in [0.3, 0.4) is 0 Å². The van der Waals surface area contributed by atoms with Crippen LogP contribution in [-0.2, 0) is 16.1 Å². The van der Waals surface area contributed by atoms with Gasteiger partial charge in [0.15, 0.2) is 5.82 Å². The van der Waals surface area contributed by atoms with E-state index in [1.54, 1.807) is 29.9 Å². The molecule has 1 amide bonds. The summed E-state index contributed by atoms with van der Waals surface area (Å²) in [5, 5.41) is 5.93. The zero-order valence-electron chi connectivity index (χ0n) is 13.2. The number of ether oxygens (including phenoxy) is 1. The van der Waals surface area contributed by atoms with Crippen LogP contribution < -0.4 is 5.32 Å². The van der Waals surface area contributed by atoms with E-state index in [-0.39, 0.29) is 17.9 Å². The lowest BCUT2D eigenvalue weighted by molar-refractivity contribution is -0.124. The standard InChI is InChI=1S/C16H19N5O2S/c22-16(20-14-8-17-2-3-18-14)11-7-13-12(1-5-23-13)21(9-11)10-15-19-4-6-24-15/h2-4,6,8,11-13H,1,5,7,9-10H2,(H,18,20,22)/t11-,12+,13+/m0/s1. The molecule has 3 atom stereocenters. The molecule has 4 rings (SSSR count). The van der Waals surface area contributed by atoms with Crippen molar-refractivity contribution >= 4 is 23.1 Å². The predicted octanol–water partition coefficient (Wildman–Crippen LogP) is 1.55. The van der Waals surface area contributed by atoms with Crippen molar-refractivity contribution in [1.82, 2.24) is 19.9 Å². The summed E-state index contributed by atoms with van der Waals surface area (Å²) in [6.45, 7) is 2.26. The second-order valence-electron chi connectivity index (χ2n) is 6.13. The maximum atomic E-state index is 12.6. The molecule has 2 aromatic rings. The van der Waals surface area contributed by atoms with Gasteiger partial charge >= 0.3 is 0 Å². The number of thiazole rings is 1. The highest BCUT2D eigenvalue weighted by Crippen LogP contribution is 2.33. The number of hydrogen-bond acceptors (Lipinski definition) is 7. The van der Waals surface area contributed by atoms with Crippen LogP contribution in [0.15, 0.2) is 30.2 Å². The van der Waals surface area contributed by atoms with Crippen LogP contribution in [-0.4, -0.2) is 51.1 Å². The Morgan fingerprint density at radius 3 is 3.12 bits per heavy atom. The number of nitrogens with one attached hydrogen (secondary N) is 1. The fourth-order valence-electron chi connectivity index (χ4n) is 3.52. The molecule has 2 fully saturated rings. The molecule has 0 spiro atoms. The number of likely N-dealkylation sites (tertiary alicyclic amines) is 1. The van der Waals surface area contributed by atoms with Crippen LogP contribution in [0, 0.1) is 5.92 Å². The summed E-state index contributed by atoms with van der Waals surface area (Å²) in [5.41, 5.74) is 0. The Bertz CT molecular complexity index is 681. The first-order valence-corrected chi connectivity index (χ1v) is 8.98. The summed E-state index contributed by atoms with van der Waals surface area (Å²) in [5.74, 6) is 0.350. The molecular formula is C16H19N5O2S. The maximum absolute atomic E-state index is 12.6. The quantitative estimate of drug-likeness (QED) is 0.906. The van der Waals surface area contributed by atoms with E-state index in [1.807, 2.05) is 11.6 Å². The van der Waals surface area contributed by atoms with Crippen molar-refractivity contribution in [3.05, 3.63) is 35.2 Å². The molecular weight excluding hydrogens is 326 g/mol. The third-order valence-electron chi connectivity index (χ3n) is 4.62. The third-order valence-corrected chi connectivity index (χ3v) is 5.39. The first kappa shape index (κ1) is 15.6. The average Bonchev–Trinajstić information content (AvgIpc) is 3.27. The number of anilines is 1. The smallest absolute Gasteiger partial charge is 0.230 e. The SMILES string of the molecule is O=C(Nc1cnccn1)[C@H]1C[C@H]2OCC[C@H]2N(Cc2nccs2)C1. The van der Waals surface area contributed by atoms with Crippen molar-refractivity contribution in [2.24, 2.45) is 5.92 Å². The van der Waals surface area contributed by atoms with Crippen molar-refractivity contribution in [2.75, 3.05) is 18.5 Å². The lowest BCUT2D eigenvalue weighted by Gasteiger charge is -2.39. The number of nitrogens with zero attached hydrogens (tertiary/aromatic N) is 4. The Morgan fingerprint density at radius 2 is 2.33 bits per heavy atom. The van der Waals surface area contributed by atoms with E-state index in [4.69, 9.17) is 4.74 Å². The molecule has 7 nitrogen and oxygen atoms in total. The molecule has 126 valence electrons.